The predicted octanol–water partition coefficient (Wildman–Crippen LogP) is 4.09. The molecule has 23 heavy (non-hydrogen) atoms. The Labute approximate surface area is 131 Å². The first-order valence-corrected chi connectivity index (χ1v) is 6.50. The average Bonchev–Trinajstić information content (AvgIpc) is 2.56. The smallest absolute Gasteiger partial charge is 0.337 e. The number of carbonyl (C=O) groups is 1. The Morgan fingerprint density at radius 2 is 1.96 bits per heavy atom. The summed E-state index contributed by atoms with van der Waals surface area (Å²) in [5.74, 6) is -0.0264. The molecule has 0 radical (unpaired) electrons. The van der Waals surface area contributed by atoms with Crippen LogP contribution in [0.15, 0.2) is 41.5 Å². The van der Waals surface area contributed by atoms with Gasteiger partial charge in [-0.1, -0.05) is 11.2 Å². The number of carboxylic acid groups (broad SMARTS) is 1. The SMILES string of the molecule is COc1ccc(OC)c(Nc2ccc(N=[N+]=[N-])cc2C(=O)O)c1. The zero-order valence-corrected chi connectivity index (χ0v) is 12.5. The van der Waals surface area contributed by atoms with Gasteiger partial charge in [0.15, 0.2) is 0 Å². The Balaban J connectivity index is 2.47. The largest absolute Gasteiger partial charge is 0.497 e. The number of methoxy groups -OCH3 is 2. The minimum atomic E-state index is -1.15. The van der Waals surface area contributed by atoms with Crippen molar-refractivity contribution in [1.82, 2.24) is 0 Å². The molecule has 0 bridgehead atoms. The van der Waals surface area contributed by atoms with E-state index in [1.54, 1.807) is 18.2 Å². The van der Waals surface area contributed by atoms with Crippen molar-refractivity contribution in [2.24, 2.45) is 5.11 Å². The molecule has 2 rings (SSSR count). The highest BCUT2D eigenvalue weighted by molar-refractivity contribution is 5.96. The highest BCUT2D eigenvalue weighted by Gasteiger charge is 2.13. The maximum Gasteiger partial charge on any atom is 0.337 e. The van der Waals surface area contributed by atoms with Crippen molar-refractivity contribution in [3.05, 3.63) is 52.4 Å². The van der Waals surface area contributed by atoms with Gasteiger partial charge in [0.1, 0.15) is 11.5 Å². The van der Waals surface area contributed by atoms with Gasteiger partial charge >= 0.3 is 5.97 Å². The van der Waals surface area contributed by atoms with E-state index in [0.717, 1.165) is 0 Å². The highest BCUT2D eigenvalue weighted by Crippen LogP contribution is 2.33. The second kappa shape index (κ2) is 7.06. The highest BCUT2D eigenvalue weighted by atomic mass is 16.5. The van der Waals surface area contributed by atoms with Crippen LogP contribution in [0, 0.1) is 0 Å². The van der Waals surface area contributed by atoms with E-state index in [9.17, 15) is 9.90 Å². The average molecular weight is 314 g/mol. The second-order valence-electron chi connectivity index (χ2n) is 4.42. The molecule has 0 amide bonds. The fourth-order valence-corrected chi connectivity index (χ4v) is 1.99. The molecule has 0 aliphatic rings. The summed E-state index contributed by atoms with van der Waals surface area (Å²) in [6.07, 6.45) is 0. The Morgan fingerprint density at radius 3 is 2.57 bits per heavy atom. The fraction of sp³-hybridized carbons (Fsp3) is 0.133. The Bertz CT molecular complexity index is 785. The van der Waals surface area contributed by atoms with Crippen LogP contribution in [0.3, 0.4) is 0 Å². The zero-order valence-electron chi connectivity index (χ0n) is 12.5. The number of hydrogen-bond donors (Lipinski definition) is 2. The third-order valence-corrected chi connectivity index (χ3v) is 3.07. The first-order valence-electron chi connectivity index (χ1n) is 6.50. The summed E-state index contributed by atoms with van der Waals surface area (Å²) < 4.78 is 10.4. The molecule has 0 saturated heterocycles. The van der Waals surface area contributed by atoms with Crippen LogP contribution in [0.2, 0.25) is 0 Å². The van der Waals surface area contributed by atoms with Gasteiger partial charge in [-0.3, -0.25) is 0 Å². The number of rotatable bonds is 6. The Hall–Kier alpha value is -3.38. The molecule has 0 spiro atoms. The first kappa shape index (κ1) is 16.0. The lowest BCUT2D eigenvalue weighted by Crippen LogP contribution is -2.03. The molecule has 0 heterocycles. The van der Waals surface area contributed by atoms with Gasteiger partial charge in [-0.25, -0.2) is 4.79 Å². The lowest BCUT2D eigenvalue weighted by Gasteiger charge is -2.14. The maximum atomic E-state index is 11.4. The standard InChI is InChI=1S/C15H14N4O4/c1-22-10-4-6-14(23-2)13(8-10)17-12-5-3-9(18-19-16)7-11(12)15(20)21/h3-8,17H,1-2H3,(H,20,21). The third kappa shape index (κ3) is 3.63. The number of hydrogen-bond acceptors (Lipinski definition) is 5. The molecule has 8 heteroatoms. The number of azide groups is 1. The lowest BCUT2D eigenvalue weighted by atomic mass is 10.1. The van der Waals surface area contributed by atoms with Crippen LogP contribution in [-0.4, -0.2) is 25.3 Å². The van der Waals surface area contributed by atoms with Crippen LogP contribution in [0.1, 0.15) is 10.4 Å². The number of ether oxygens (including phenoxy) is 2. The molecule has 2 N–H and O–H groups in total. The van der Waals surface area contributed by atoms with Gasteiger partial charge in [0.25, 0.3) is 0 Å². The molecule has 0 aromatic heterocycles. The van der Waals surface area contributed by atoms with Gasteiger partial charge < -0.3 is 19.9 Å². The van der Waals surface area contributed by atoms with Crippen molar-refractivity contribution in [1.29, 1.82) is 0 Å². The predicted molar refractivity (Wildman–Crippen MR) is 85.0 cm³/mol. The first-order chi connectivity index (χ1) is 11.1. The number of aromatic carboxylic acids is 1. The van der Waals surface area contributed by atoms with Crippen molar-refractivity contribution < 1.29 is 19.4 Å². The molecule has 0 fully saturated rings. The van der Waals surface area contributed by atoms with Crippen molar-refractivity contribution in [2.45, 2.75) is 0 Å². The van der Waals surface area contributed by atoms with Crippen molar-refractivity contribution >= 4 is 23.0 Å². The summed E-state index contributed by atoms with van der Waals surface area (Å²) >= 11 is 0. The maximum absolute atomic E-state index is 11.4. The number of carboxylic acids is 1. The summed E-state index contributed by atoms with van der Waals surface area (Å²) in [4.78, 5) is 14.1. The number of benzene rings is 2. The minimum absolute atomic E-state index is 0.0280. The molecule has 0 aliphatic carbocycles. The van der Waals surface area contributed by atoms with Gasteiger partial charge in [0, 0.05) is 16.7 Å². The molecule has 0 saturated carbocycles. The van der Waals surface area contributed by atoms with E-state index in [4.69, 9.17) is 15.0 Å². The molecule has 118 valence electrons. The summed E-state index contributed by atoms with van der Waals surface area (Å²) in [5, 5.41) is 15.7. The van der Waals surface area contributed by atoms with Crippen LogP contribution >= 0.6 is 0 Å². The van der Waals surface area contributed by atoms with Crippen LogP contribution in [0.5, 0.6) is 11.5 Å². The van der Waals surface area contributed by atoms with Gasteiger partial charge in [0.05, 0.1) is 31.2 Å². The third-order valence-electron chi connectivity index (χ3n) is 3.07. The normalized spacial score (nSPS) is 9.65. The zero-order chi connectivity index (χ0) is 16.8. The van der Waals surface area contributed by atoms with E-state index in [1.807, 2.05) is 0 Å². The monoisotopic (exact) mass is 314 g/mol. The minimum Gasteiger partial charge on any atom is -0.497 e. The van der Waals surface area contributed by atoms with E-state index in [1.165, 1.54) is 32.4 Å². The van der Waals surface area contributed by atoms with E-state index in [0.29, 0.717) is 22.9 Å². The van der Waals surface area contributed by atoms with Crippen LogP contribution in [-0.2, 0) is 0 Å². The molecular weight excluding hydrogens is 300 g/mol. The van der Waals surface area contributed by atoms with Crippen LogP contribution < -0.4 is 14.8 Å². The molecule has 0 atom stereocenters. The molecule has 0 unspecified atom stereocenters. The second-order valence-corrected chi connectivity index (χ2v) is 4.42. The molecule has 2 aromatic rings. The molecule has 0 aliphatic heterocycles. The molecule has 2 aromatic carbocycles. The lowest BCUT2D eigenvalue weighted by molar-refractivity contribution is 0.0698. The molecular formula is C15H14N4O4. The number of anilines is 2. The van der Waals surface area contributed by atoms with Crippen LogP contribution in [0.25, 0.3) is 10.4 Å². The number of nitrogens with zero attached hydrogens (tertiary/aromatic N) is 3. The number of nitrogens with one attached hydrogen (secondary N) is 1. The Morgan fingerprint density at radius 1 is 1.17 bits per heavy atom. The van der Waals surface area contributed by atoms with Gasteiger partial charge in [-0.2, -0.15) is 0 Å². The van der Waals surface area contributed by atoms with Gasteiger partial charge in [0.2, 0.25) is 0 Å². The quantitative estimate of drug-likeness (QED) is 0.473. The summed E-state index contributed by atoms with van der Waals surface area (Å²) in [6, 6.07) is 9.44. The van der Waals surface area contributed by atoms with Gasteiger partial charge in [-0.15, -0.1) is 0 Å². The Kier molecular flexibility index (Phi) is 4.91. The fourth-order valence-electron chi connectivity index (χ4n) is 1.99. The topological polar surface area (TPSA) is 117 Å². The van der Waals surface area contributed by atoms with E-state index >= 15 is 0 Å². The molecule has 8 nitrogen and oxygen atoms in total. The summed E-state index contributed by atoms with van der Waals surface area (Å²) in [7, 11) is 3.04. The van der Waals surface area contributed by atoms with Crippen LogP contribution in [0.4, 0.5) is 17.1 Å². The van der Waals surface area contributed by atoms with Crippen molar-refractivity contribution in [3.63, 3.8) is 0 Å². The van der Waals surface area contributed by atoms with Gasteiger partial charge in [-0.05, 0) is 29.8 Å². The summed E-state index contributed by atoms with van der Waals surface area (Å²) in [5.41, 5.74) is 9.51. The summed E-state index contributed by atoms with van der Waals surface area (Å²) in [6.45, 7) is 0. The van der Waals surface area contributed by atoms with E-state index < -0.39 is 5.97 Å². The van der Waals surface area contributed by atoms with E-state index in [2.05, 4.69) is 15.3 Å². The van der Waals surface area contributed by atoms with Crippen molar-refractivity contribution in [2.75, 3.05) is 19.5 Å². The van der Waals surface area contributed by atoms with Crippen molar-refractivity contribution in [3.8, 4) is 11.5 Å². The van der Waals surface area contributed by atoms with E-state index in [-0.39, 0.29) is 11.3 Å².